The quantitative estimate of drug-likeness (QED) is 0.0515. The number of benzene rings is 1. The van der Waals surface area contributed by atoms with Crippen molar-refractivity contribution in [1.29, 1.82) is 0 Å². The van der Waals surface area contributed by atoms with Crippen LogP contribution in [0, 0.1) is 0 Å². The topological polar surface area (TPSA) is 423 Å². The molecular weight excluding hydrogens is 1400 g/mol. The van der Waals surface area contributed by atoms with E-state index in [2.05, 4.69) is 48.1 Å². The van der Waals surface area contributed by atoms with E-state index < -0.39 is 128 Å². The number of cyclic esters (lactones) is 2. The summed E-state index contributed by atoms with van der Waals surface area (Å²) in [6.45, 7) is 8.04. The number of carbonyl (C=O) groups is 8. The first-order chi connectivity index (χ1) is 47.7. The Hall–Kier alpha value is -9.54. The summed E-state index contributed by atoms with van der Waals surface area (Å²) in [6, 6.07) is 1.42. The molecule has 4 aliphatic heterocycles. The Morgan fingerprint density at radius 2 is 1.51 bits per heavy atom. The summed E-state index contributed by atoms with van der Waals surface area (Å²) < 4.78 is 45.2. The number of methoxy groups -OCH3 is 2. The van der Waals surface area contributed by atoms with Crippen molar-refractivity contribution >= 4 is 121 Å². The maximum atomic E-state index is 15.3. The largest absolute Gasteiger partial charge is 0.499 e. The van der Waals surface area contributed by atoms with Gasteiger partial charge in [-0.2, -0.15) is 4.73 Å². The molecule has 11 heterocycles. The number of thiazole rings is 5. The zero-order valence-corrected chi connectivity index (χ0v) is 58.6. The first-order valence-corrected chi connectivity index (χ1v) is 34.8. The van der Waals surface area contributed by atoms with Gasteiger partial charge in [-0.15, -0.1) is 56.7 Å². The molecule has 6 amide bonds. The summed E-state index contributed by atoms with van der Waals surface area (Å²) in [5, 5.41) is 44.6. The molecule has 0 spiro atoms. The molecule has 524 valence electrons. The van der Waals surface area contributed by atoms with Crippen LogP contribution in [0.15, 0.2) is 69.2 Å². The van der Waals surface area contributed by atoms with Gasteiger partial charge in [0.1, 0.15) is 127 Å². The van der Waals surface area contributed by atoms with Crippen molar-refractivity contribution < 1.29 is 86.6 Å². The molecule has 0 aliphatic carbocycles. The molecule has 4 aliphatic rings. The molecule has 0 radical (unpaired) electrons. The third-order valence-electron chi connectivity index (χ3n) is 16.7. The highest BCUT2D eigenvalue weighted by Gasteiger charge is 2.50. The van der Waals surface area contributed by atoms with E-state index in [1.165, 1.54) is 61.4 Å². The number of primary amides is 1. The number of ether oxygens (including phenoxy) is 7. The average Bonchev–Trinajstić information content (AvgIpc) is 1.56. The van der Waals surface area contributed by atoms with Gasteiger partial charge in [-0.05, 0) is 59.5 Å². The molecule has 1 saturated heterocycles. The molecule has 1 aromatic carbocycles. The zero-order chi connectivity index (χ0) is 71.3. The van der Waals surface area contributed by atoms with Crippen LogP contribution in [0.2, 0.25) is 0 Å². The van der Waals surface area contributed by atoms with Gasteiger partial charge in [0.25, 0.3) is 29.5 Å². The molecule has 37 heteroatoms. The number of pyridine rings is 1. The second-order valence-electron chi connectivity index (χ2n) is 23.7. The second kappa shape index (κ2) is 28.6. The standard InChI is InChI=1S/C63H64N14O18S5/c1-24(50(64)79)65-51(80)33-21-99-59(70-33)44-38(89-9)14-29-43(72-44)32-19-97-57(67-32)31-18-93-61(85)46-30-17-91-47(48(95-39-15-63(5,87)49(76(6)7)27(4)94-39)62(86)92-16-28-12-11-13-37(40(28)30)77(46)90-10)45(60-71-34(22-100-60)52(81)66-31)75-54(83)36-23-98-58(69-36)42(26(3)88-8)74-55(84)41(25(2)78)73-53(82)35-20-96-56(29)68-35/h11-14,19-23,25,27,31,39,41,45,47-49,78,87H,1,15-18H2,2-10H3,(H2,64,79)(H,65,80)(H,66,81)(H,73,82)(H,74,84)(H,75,83)/b42-26+/t25-,27+,31+,39+,41+,45+,47+,48+,49-,63+/m1/s1. The molecule has 10 atom stereocenters. The van der Waals surface area contributed by atoms with Crippen molar-refractivity contribution in [2.45, 2.75) is 108 Å². The average molecular weight is 1470 g/mol. The third kappa shape index (κ3) is 13.8. The highest BCUT2D eigenvalue weighted by Crippen LogP contribution is 2.43. The van der Waals surface area contributed by atoms with Crippen LogP contribution in [0.1, 0.15) is 125 Å². The fourth-order valence-electron chi connectivity index (χ4n) is 12.1. The van der Waals surface area contributed by atoms with Crippen LogP contribution in [-0.4, -0.2) is 188 Å². The predicted octanol–water partition coefficient (Wildman–Crippen LogP) is 4.02. The molecule has 100 heavy (non-hydrogen) atoms. The van der Waals surface area contributed by atoms with Gasteiger partial charge < -0.3 is 85.4 Å². The Balaban J connectivity index is 1.05. The summed E-state index contributed by atoms with van der Waals surface area (Å²) in [4.78, 5) is 151. The minimum Gasteiger partial charge on any atom is -0.499 e. The Morgan fingerprint density at radius 3 is 2.21 bits per heavy atom. The number of aromatic nitrogens is 7. The number of hydrogen-bond acceptors (Lipinski definition) is 30. The fourth-order valence-corrected chi connectivity index (χ4v) is 16.2. The Morgan fingerprint density at radius 1 is 0.840 bits per heavy atom. The highest BCUT2D eigenvalue weighted by atomic mass is 32.1. The molecule has 32 nitrogen and oxygen atoms in total. The number of nitrogens with zero attached hydrogens (tertiary/aromatic N) is 8. The summed E-state index contributed by atoms with van der Waals surface area (Å²) in [5.74, 6) is -7.23. The van der Waals surface area contributed by atoms with Crippen LogP contribution in [0.25, 0.3) is 49.3 Å². The van der Waals surface area contributed by atoms with E-state index in [0.717, 1.165) is 56.7 Å². The van der Waals surface area contributed by atoms with Crippen molar-refractivity contribution in [1.82, 2.24) is 66.1 Å². The van der Waals surface area contributed by atoms with Crippen molar-refractivity contribution in [2.24, 2.45) is 5.73 Å². The number of nitrogens with one attached hydrogen (secondary N) is 5. The van der Waals surface area contributed by atoms with E-state index in [0.29, 0.717) is 16.5 Å². The van der Waals surface area contributed by atoms with E-state index in [-0.39, 0.29) is 111 Å². The van der Waals surface area contributed by atoms with Crippen LogP contribution in [0.4, 0.5) is 0 Å². The number of hydrogen-bond donors (Lipinski definition) is 8. The Labute approximate surface area is 587 Å². The van der Waals surface area contributed by atoms with Gasteiger partial charge >= 0.3 is 11.9 Å². The van der Waals surface area contributed by atoms with Crippen LogP contribution >= 0.6 is 56.7 Å². The number of esters is 2. The number of aliphatic hydroxyl groups excluding tert-OH is 1. The van der Waals surface area contributed by atoms with Crippen molar-refractivity contribution in [3.63, 3.8) is 0 Å². The number of fused-ring (bicyclic) bond motifs is 15. The van der Waals surface area contributed by atoms with E-state index in [9.17, 15) is 29.4 Å². The van der Waals surface area contributed by atoms with Crippen molar-refractivity contribution in [2.75, 3.05) is 42.0 Å². The lowest BCUT2D eigenvalue weighted by atomic mass is 9.85. The number of amides is 6. The van der Waals surface area contributed by atoms with Gasteiger partial charge in [0, 0.05) is 49.8 Å². The number of likely N-dealkylation sites (N-methyl/N-ethyl adjacent to an activating group) is 1. The maximum Gasteiger partial charge on any atom is 0.358 e. The normalized spacial score (nSPS) is 23.7. The number of aliphatic hydroxyl groups is 2. The molecule has 12 rings (SSSR count). The summed E-state index contributed by atoms with van der Waals surface area (Å²) in [5.41, 5.74) is 3.72. The summed E-state index contributed by atoms with van der Waals surface area (Å²) in [7, 11) is 7.56. The zero-order valence-electron chi connectivity index (χ0n) is 54.6. The Bertz CT molecular complexity index is 4640. The van der Waals surface area contributed by atoms with Gasteiger partial charge in [-0.3, -0.25) is 28.8 Å². The minimum atomic E-state index is -1.88. The van der Waals surface area contributed by atoms with E-state index in [4.69, 9.17) is 58.7 Å². The fraction of sp³-hybridized carbons (Fsp3) is 0.365. The molecule has 1 fully saturated rings. The third-order valence-corrected chi connectivity index (χ3v) is 21.2. The number of nitrogens with two attached hydrogens (primary N) is 1. The smallest absolute Gasteiger partial charge is 0.358 e. The summed E-state index contributed by atoms with van der Waals surface area (Å²) >= 11 is 4.77. The van der Waals surface area contributed by atoms with Crippen LogP contribution < -0.4 is 41.9 Å². The lowest BCUT2D eigenvalue weighted by Gasteiger charge is -2.48. The monoisotopic (exact) mass is 1460 g/mol. The van der Waals surface area contributed by atoms with E-state index in [1.54, 1.807) is 62.5 Å². The van der Waals surface area contributed by atoms with Gasteiger partial charge in [-0.1, -0.05) is 18.7 Å². The van der Waals surface area contributed by atoms with Crippen LogP contribution in [-0.2, 0) is 56.0 Å². The molecule has 12 bridgehead atoms. The number of rotatable bonds is 11. The van der Waals surface area contributed by atoms with Gasteiger partial charge in [0.15, 0.2) is 18.1 Å². The van der Waals surface area contributed by atoms with Gasteiger partial charge in [0.2, 0.25) is 5.91 Å². The van der Waals surface area contributed by atoms with E-state index in [1.807, 2.05) is 0 Å². The Kier molecular flexibility index (Phi) is 20.1. The maximum absolute atomic E-state index is 15.3. The predicted molar refractivity (Wildman–Crippen MR) is 360 cm³/mol. The minimum absolute atomic E-state index is 0.00468. The van der Waals surface area contributed by atoms with E-state index >= 15 is 19.2 Å². The SMILES string of the molecule is C=C(NC(=O)c1csc(-c2nc3c(cc2OC)-c2nc(cs2)C(=O)N[C@@H]([C@@H](C)O)C(=O)N/C(=C(\C)OC)c2nc(cs2)C(=O)N[C@@H]2c4nc(cs4)C(=O)N[C@@H](COC(=O)c4c5c6c(cccc6n4OC)COC(=O)[C@@H](O[C@H]4C[C@](C)(O)[C@H](N(C)C)[C@H](C)O4)[C@H]2OC5)c2nc-3cs2)n1)C(N)=O. The lowest BCUT2D eigenvalue weighted by Crippen LogP contribution is -2.62. The molecule has 0 unspecified atom stereocenters. The first-order valence-electron chi connectivity index (χ1n) is 30.4. The lowest BCUT2D eigenvalue weighted by molar-refractivity contribution is -0.280. The molecule has 7 aromatic heterocycles. The van der Waals surface area contributed by atoms with Gasteiger partial charge in [0.05, 0.1) is 55.9 Å². The molecule has 0 saturated carbocycles. The number of carbonyl (C=O) groups excluding carboxylic acids is 8. The van der Waals surface area contributed by atoms with Crippen LogP contribution in [0.5, 0.6) is 5.75 Å². The molecule has 8 aromatic rings. The first kappa shape index (κ1) is 70.3. The highest BCUT2D eigenvalue weighted by molar-refractivity contribution is 7.14. The molecule has 9 N–H and O–H groups in total. The van der Waals surface area contributed by atoms with Crippen molar-refractivity contribution in [3.05, 3.63) is 124 Å². The van der Waals surface area contributed by atoms with Gasteiger partial charge in [-0.25, -0.2) is 39.5 Å². The number of allylic oxidation sites excluding steroid dienone is 1. The van der Waals surface area contributed by atoms with Crippen molar-refractivity contribution in [3.8, 4) is 38.4 Å². The van der Waals surface area contributed by atoms with Crippen LogP contribution in [0.3, 0.4) is 0 Å². The summed E-state index contributed by atoms with van der Waals surface area (Å²) in [6.07, 6.45) is -7.39. The second-order valence-corrected chi connectivity index (χ2v) is 28.0. The molecular formula is C63H64N14O18S5.